The summed E-state index contributed by atoms with van der Waals surface area (Å²) in [7, 11) is 0. The van der Waals surface area contributed by atoms with Crippen molar-refractivity contribution in [2.45, 2.75) is 33.1 Å². The summed E-state index contributed by atoms with van der Waals surface area (Å²) in [6.07, 6.45) is 2.53. The molecule has 3 rings (SSSR count). The summed E-state index contributed by atoms with van der Waals surface area (Å²) < 4.78 is 26.6. The number of aromatic amines is 1. The summed E-state index contributed by atoms with van der Waals surface area (Å²) in [5.41, 5.74) is 2.58. The van der Waals surface area contributed by atoms with Crippen LogP contribution in [0, 0.1) is 18.6 Å². The van der Waals surface area contributed by atoms with Gasteiger partial charge >= 0.3 is 0 Å². The number of benzene rings is 1. The van der Waals surface area contributed by atoms with Crippen LogP contribution in [-0.2, 0) is 4.84 Å². The van der Waals surface area contributed by atoms with Gasteiger partial charge in [-0.2, -0.15) is 16.0 Å². The van der Waals surface area contributed by atoms with Crippen molar-refractivity contribution in [3.63, 3.8) is 0 Å². The van der Waals surface area contributed by atoms with Crippen LogP contribution in [0.5, 0.6) is 0 Å². The molecule has 0 aliphatic carbocycles. The molecule has 0 spiro atoms. The van der Waals surface area contributed by atoms with Gasteiger partial charge in [-0.05, 0) is 48.6 Å². The van der Waals surface area contributed by atoms with Gasteiger partial charge in [0.25, 0.3) is 0 Å². The van der Waals surface area contributed by atoms with Crippen LogP contribution in [0.15, 0.2) is 48.7 Å². The van der Waals surface area contributed by atoms with Crippen molar-refractivity contribution >= 4 is 23.2 Å². The normalized spacial score (nSPS) is 12.4. The minimum Gasteiger partial charge on any atom is -0.414 e. The van der Waals surface area contributed by atoms with Crippen LogP contribution in [0.25, 0.3) is 5.57 Å². The number of nitrogens with zero attached hydrogens (tertiary/aromatic N) is 3. The van der Waals surface area contributed by atoms with Crippen LogP contribution < -0.4 is 16.5 Å². The second-order valence-electron chi connectivity index (χ2n) is 7.60. The van der Waals surface area contributed by atoms with Crippen molar-refractivity contribution in [3.05, 3.63) is 77.3 Å². The first kappa shape index (κ1) is 23.9. The average molecular weight is 456 g/mol. The molecule has 3 aromatic rings. The van der Waals surface area contributed by atoms with Gasteiger partial charge in [0.15, 0.2) is 17.5 Å². The fourth-order valence-electron chi connectivity index (χ4n) is 2.98. The lowest BCUT2D eigenvalue weighted by Gasteiger charge is -2.11. The number of halogens is 2. The number of hydrogen-bond acceptors (Lipinski definition) is 7. The molecule has 1 unspecified atom stereocenters. The summed E-state index contributed by atoms with van der Waals surface area (Å²) in [4.78, 5) is 13.7. The summed E-state index contributed by atoms with van der Waals surface area (Å²) >= 11 is 0. The van der Waals surface area contributed by atoms with Gasteiger partial charge in [0.1, 0.15) is 11.6 Å². The Morgan fingerprint density at radius 2 is 2.00 bits per heavy atom. The van der Waals surface area contributed by atoms with Crippen LogP contribution in [0.2, 0.25) is 0 Å². The third-order valence-electron chi connectivity index (χ3n) is 5.05. The molecule has 0 saturated carbocycles. The van der Waals surface area contributed by atoms with Gasteiger partial charge in [0, 0.05) is 23.5 Å². The minimum atomic E-state index is -0.961. The molecule has 1 aromatic carbocycles. The Bertz CT molecular complexity index is 1160. The van der Waals surface area contributed by atoms with E-state index < -0.39 is 11.6 Å². The number of aryl methyl sites for hydroxylation is 1. The van der Waals surface area contributed by atoms with Crippen LogP contribution >= 0.6 is 0 Å². The van der Waals surface area contributed by atoms with E-state index in [0.717, 1.165) is 29.9 Å². The Balaban J connectivity index is 1.68. The van der Waals surface area contributed by atoms with E-state index in [1.54, 1.807) is 6.07 Å². The molecule has 174 valence electrons. The van der Waals surface area contributed by atoms with E-state index in [1.807, 2.05) is 13.0 Å². The highest BCUT2D eigenvalue weighted by atomic mass is 19.2. The molecule has 0 aliphatic heterocycles. The first-order valence-corrected chi connectivity index (χ1v) is 10.4. The number of hydrogen-bond donors (Lipinski definition) is 4. The van der Waals surface area contributed by atoms with E-state index in [4.69, 9.17) is 10.7 Å². The van der Waals surface area contributed by atoms with E-state index in [1.165, 1.54) is 12.1 Å². The molecule has 0 aliphatic rings. The Labute approximate surface area is 190 Å². The van der Waals surface area contributed by atoms with Crippen LogP contribution in [0.4, 0.5) is 26.4 Å². The second kappa shape index (κ2) is 10.7. The maximum Gasteiger partial charge on any atom is 0.225 e. The molecule has 0 radical (unpaired) electrons. The third kappa shape index (κ3) is 6.36. The van der Waals surface area contributed by atoms with E-state index in [2.05, 4.69) is 51.2 Å². The maximum atomic E-state index is 13.5. The predicted octanol–water partition coefficient (Wildman–Crippen LogP) is 4.94. The largest absolute Gasteiger partial charge is 0.414 e. The van der Waals surface area contributed by atoms with Crippen molar-refractivity contribution in [1.82, 2.24) is 20.2 Å². The highest BCUT2D eigenvalue weighted by Gasteiger charge is 2.10. The first-order chi connectivity index (χ1) is 15.8. The molecule has 0 amide bonds. The average Bonchev–Trinajstić information content (AvgIpc) is 3.25. The molecule has 2 aromatic heterocycles. The Morgan fingerprint density at radius 3 is 2.70 bits per heavy atom. The van der Waals surface area contributed by atoms with Crippen molar-refractivity contribution < 1.29 is 13.6 Å². The lowest BCUT2D eigenvalue weighted by Crippen LogP contribution is -2.13. The third-order valence-corrected chi connectivity index (χ3v) is 5.05. The maximum absolute atomic E-state index is 13.5. The number of aromatic nitrogens is 4. The zero-order valence-corrected chi connectivity index (χ0v) is 18.7. The molecule has 0 bridgehead atoms. The first-order valence-electron chi connectivity index (χ1n) is 10.4. The molecule has 0 fully saturated rings. The lowest BCUT2D eigenvalue weighted by molar-refractivity contribution is 0.220. The monoisotopic (exact) mass is 455 g/mol. The number of nitrogens with one attached hydrogen (secondary N) is 3. The van der Waals surface area contributed by atoms with Gasteiger partial charge in [-0.3, -0.25) is 5.10 Å². The van der Waals surface area contributed by atoms with Gasteiger partial charge in [0.05, 0.1) is 6.54 Å². The van der Waals surface area contributed by atoms with Crippen molar-refractivity contribution in [2.24, 2.45) is 5.90 Å². The fraction of sp³-hybridized carbons (Fsp3) is 0.261. The topological polar surface area (TPSA) is 114 Å². The van der Waals surface area contributed by atoms with Gasteiger partial charge < -0.3 is 15.5 Å². The van der Waals surface area contributed by atoms with Crippen LogP contribution in [-0.4, -0.2) is 26.7 Å². The number of H-pyrrole nitrogens is 1. The quantitative estimate of drug-likeness (QED) is 0.194. The Hall–Kier alpha value is -3.79. The van der Waals surface area contributed by atoms with Gasteiger partial charge in [-0.15, -0.1) is 0 Å². The van der Waals surface area contributed by atoms with Crippen molar-refractivity contribution in [1.29, 1.82) is 0 Å². The van der Waals surface area contributed by atoms with Crippen LogP contribution in [0.1, 0.15) is 43.1 Å². The molecular weight excluding hydrogens is 428 g/mol. The van der Waals surface area contributed by atoms with E-state index in [9.17, 15) is 8.78 Å². The minimum absolute atomic E-state index is 0.142. The standard InChI is InChI=1S/C23H27F2N7O/c1-5-13(2)20-11-22(32-31-20)29-21-9-15(4)28-23(30-21)27-12-17(33-26)8-14(3)16-6-7-18(24)19(25)10-16/h6-11,13H,3,5,12,26H2,1-2,4H3,(H3,27,28,29,30,31,32)/b17-8-. The van der Waals surface area contributed by atoms with Crippen molar-refractivity contribution in [2.75, 3.05) is 17.2 Å². The number of allylic oxidation sites excluding steroid dienone is 2. The number of anilines is 3. The van der Waals surface area contributed by atoms with E-state index in [0.29, 0.717) is 40.4 Å². The Morgan fingerprint density at radius 1 is 1.21 bits per heavy atom. The zero-order chi connectivity index (χ0) is 24.0. The molecule has 8 nitrogen and oxygen atoms in total. The lowest BCUT2D eigenvalue weighted by atomic mass is 10.1. The Kier molecular flexibility index (Phi) is 7.73. The summed E-state index contributed by atoms with van der Waals surface area (Å²) in [6, 6.07) is 7.25. The molecule has 0 saturated heterocycles. The fourth-order valence-corrected chi connectivity index (χ4v) is 2.98. The van der Waals surface area contributed by atoms with Gasteiger partial charge in [0.2, 0.25) is 5.95 Å². The second-order valence-corrected chi connectivity index (χ2v) is 7.60. The van der Waals surface area contributed by atoms with E-state index in [-0.39, 0.29) is 6.54 Å². The smallest absolute Gasteiger partial charge is 0.225 e. The summed E-state index contributed by atoms with van der Waals surface area (Å²) in [5, 5.41) is 13.5. The van der Waals surface area contributed by atoms with E-state index >= 15 is 0 Å². The van der Waals surface area contributed by atoms with Crippen molar-refractivity contribution in [3.8, 4) is 0 Å². The SMILES string of the molecule is C=C(/C=C(/CNc1nc(C)cc(Nc2cc(C(C)CC)[nH]n2)n1)ON)c1ccc(F)c(F)c1. The van der Waals surface area contributed by atoms with Gasteiger partial charge in [-0.1, -0.05) is 26.5 Å². The highest BCUT2D eigenvalue weighted by molar-refractivity contribution is 5.72. The highest BCUT2D eigenvalue weighted by Crippen LogP contribution is 2.22. The molecule has 2 heterocycles. The number of nitrogens with two attached hydrogens (primary N) is 1. The molecule has 33 heavy (non-hydrogen) atoms. The molecule has 5 N–H and O–H groups in total. The van der Waals surface area contributed by atoms with Crippen LogP contribution in [0.3, 0.4) is 0 Å². The summed E-state index contributed by atoms with van der Waals surface area (Å²) in [6.45, 7) is 10.1. The molecular formula is C23H27F2N7O. The zero-order valence-electron chi connectivity index (χ0n) is 18.7. The predicted molar refractivity (Wildman–Crippen MR) is 125 cm³/mol. The molecule has 1 atom stereocenters. The molecule has 10 heteroatoms. The van der Waals surface area contributed by atoms with Gasteiger partial charge in [-0.25, -0.2) is 13.8 Å². The number of rotatable bonds is 10. The summed E-state index contributed by atoms with van der Waals surface area (Å²) in [5.74, 6) is 5.72.